The van der Waals surface area contributed by atoms with Crippen LogP contribution in [-0.2, 0) is 19.1 Å². The predicted octanol–water partition coefficient (Wildman–Crippen LogP) is 3.56. The fourth-order valence-electron chi connectivity index (χ4n) is 7.89. The lowest BCUT2D eigenvalue weighted by atomic mass is 9.72. The van der Waals surface area contributed by atoms with E-state index in [1.807, 2.05) is 66.5 Å². The Hall–Kier alpha value is -2.97. The van der Waals surface area contributed by atoms with Crippen LogP contribution in [-0.4, -0.2) is 81.7 Å². The van der Waals surface area contributed by atoms with Crippen molar-refractivity contribution in [3.8, 4) is 0 Å². The molecule has 1 unspecified atom stereocenters. The molecule has 0 radical (unpaired) electrons. The second kappa shape index (κ2) is 9.84. The van der Waals surface area contributed by atoms with Gasteiger partial charge in [-0.05, 0) is 44.2 Å². The van der Waals surface area contributed by atoms with E-state index in [1.54, 1.807) is 4.90 Å². The first-order valence-corrected chi connectivity index (χ1v) is 14.5. The van der Waals surface area contributed by atoms with E-state index in [9.17, 15) is 19.5 Å². The van der Waals surface area contributed by atoms with E-state index < -0.39 is 34.6 Å². The maximum absolute atomic E-state index is 14.6. The number of para-hydroxylation sites is 1. The number of likely N-dealkylation sites (tertiary alicyclic amines) is 1. The maximum atomic E-state index is 14.6. The molecular formula is C32H43N3O5. The topological polar surface area (TPSA) is 90.4 Å². The van der Waals surface area contributed by atoms with Crippen LogP contribution in [0.2, 0.25) is 0 Å². The molecule has 4 aliphatic heterocycles. The molecular weight excluding hydrogens is 506 g/mol. The number of hydrogen-bond donors (Lipinski definition) is 1. The Labute approximate surface area is 237 Å². The van der Waals surface area contributed by atoms with Crippen LogP contribution in [0.4, 0.5) is 5.69 Å². The molecule has 5 atom stereocenters. The van der Waals surface area contributed by atoms with Crippen molar-refractivity contribution in [1.29, 1.82) is 0 Å². The molecule has 2 fully saturated rings. The monoisotopic (exact) mass is 549 g/mol. The first-order valence-electron chi connectivity index (χ1n) is 14.5. The summed E-state index contributed by atoms with van der Waals surface area (Å²) in [5.41, 5.74) is -2.14. The Morgan fingerprint density at radius 2 is 1.60 bits per heavy atom. The number of hydrogen-bond acceptors (Lipinski definition) is 5. The summed E-state index contributed by atoms with van der Waals surface area (Å²) >= 11 is 0. The van der Waals surface area contributed by atoms with Crippen LogP contribution >= 0.6 is 0 Å². The minimum atomic E-state index is -1.32. The van der Waals surface area contributed by atoms with Crippen molar-refractivity contribution >= 4 is 23.4 Å². The van der Waals surface area contributed by atoms with Gasteiger partial charge in [0.25, 0.3) is 0 Å². The van der Waals surface area contributed by atoms with Crippen molar-refractivity contribution < 1.29 is 24.2 Å². The lowest BCUT2D eigenvalue weighted by Crippen LogP contribution is -2.60. The number of fused-ring (bicyclic) bond motifs is 2. The van der Waals surface area contributed by atoms with Gasteiger partial charge in [0.05, 0.1) is 24.0 Å². The molecule has 216 valence electrons. The predicted molar refractivity (Wildman–Crippen MR) is 153 cm³/mol. The molecule has 0 saturated carbocycles. The van der Waals surface area contributed by atoms with Crippen LogP contribution in [0, 0.1) is 17.3 Å². The van der Waals surface area contributed by atoms with E-state index in [0.29, 0.717) is 19.5 Å². The Morgan fingerprint density at radius 1 is 0.925 bits per heavy atom. The fraction of sp³-hybridized carbons (Fsp3) is 0.594. The summed E-state index contributed by atoms with van der Waals surface area (Å²) in [5.74, 6) is -2.42. The van der Waals surface area contributed by atoms with Gasteiger partial charge in [-0.3, -0.25) is 14.4 Å². The second-order valence-electron chi connectivity index (χ2n) is 13.5. The summed E-state index contributed by atoms with van der Waals surface area (Å²) in [6, 6.07) is 8.47. The second-order valence-corrected chi connectivity index (χ2v) is 13.5. The summed E-state index contributed by atoms with van der Waals surface area (Å²) in [5, 5.41) is 9.98. The van der Waals surface area contributed by atoms with Crippen LogP contribution < -0.4 is 4.90 Å². The van der Waals surface area contributed by atoms with Gasteiger partial charge in [0, 0.05) is 30.9 Å². The Balaban J connectivity index is 1.64. The largest absolute Gasteiger partial charge is 0.395 e. The van der Waals surface area contributed by atoms with Crippen molar-refractivity contribution in [2.75, 3.05) is 31.1 Å². The van der Waals surface area contributed by atoms with E-state index in [-0.39, 0.29) is 36.3 Å². The first kappa shape index (κ1) is 28.6. The highest BCUT2D eigenvalue weighted by Crippen LogP contribution is 2.59. The molecule has 2 saturated heterocycles. The van der Waals surface area contributed by atoms with Crippen molar-refractivity contribution in [2.45, 2.75) is 77.2 Å². The average molecular weight is 550 g/mol. The summed E-state index contributed by atoms with van der Waals surface area (Å²) in [6.07, 6.45) is 8.93. The van der Waals surface area contributed by atoms with Crippen LogP contribution in [0.25, 0.3) is 0 Å². The highest BCUT2D eigenvalue weighted by molar-refractivity contribution is 6.04. The van der Waals surface area contributed by atoms with Gasteiger partial charge in [0.2, 0.25) is 17.7 Å². The minimum Gasteiger partial charge on any atom is -0.395 e. The lowest BCUT2D eigenvalue weighted by molar-refractivity contribution is -0.156. The van der Waals surface area contributed by atoms with E-state index in [4.69, 9.17) is 4.74 Å². The molecule has 40 heavy (non-hydrogen) atoms. The smallest absolute Gasteiger partial charge is 0.249 e. The number of nitrogens with zero attached hydrogens (tertiary/aromatic N) is 3. The van der Waals surface area contributed by atoms with Gasteiger partial charge in [0.1, 0.15) is 11.6 Å². The highest BCUT2D eigenvalue weighted by atomic mass is 16.5. The summed E-state index contributed by atoms with van der Waals surface area (Å²) in [7, 11) is 0. The zero-order valence-electron chi connectivity index (χ0n) is 24.6. The molecule has 8 nitrogen and oxygen atoms in total. The number of ether oxygens (including phenoxy) is 1. The lowest BCUT2D eigenvalue weighted by Gasteiger charge is -2.45. The van der Waals surface area contributed by atoms with Gasteiger partial charge < -0.3 is 24.5 Å². The fourth-order valence-corrected chi connectivity index (χ4v) is 7.89. The number of carbonyl (C=O) groups excluding carboxylic acids is 3. The number of rotatable bonds is 6. The standard InChI is InChI=1S/C32H43N3O5/c1-7-31-15-11-17-33(22-13-9-8-10-14-22)26(37)23(31)24-27(38)34(19-20-36)25-28(39)35(18-12-16-32(24,25)40-31)30(5,6)21-29(2,3)4/h8-16,23-25,36H,7,17-21H2,1-6H3/t23-,24-,25?,31+,32-/m0/s1. The van der Waals surface area contributed by atoms with E-state index in [2.05, 4.69) is 34.6 Å². The summed E-state index contributed by atoms with van der Waals surface area (Å²) in [4.78, 5) is 48.4. The molecule has 1 spiro atoms. The summed E-state index contributed by atoms with van der Waals surface area (Å²) in [6.45, 7) is 13.0. The van der Waals surface area contributed by atoms with E-state index >= 15 is 0 Å². The van der Waals surface area contributed by atoms with Gasteiger partial charge in [-0.15, -0.1) is 0 Å². The molecule has 0 aromatic heterocycles. The quantitative estimate of drug-likeness (QED) is 0.548. The van der Waals surface area contributed by atoms with E-state index in [1.165, 1.54) is 4.90 Å². The molecule has 5 rings (SSSR count). The number of β-amino-alcohol motifs (C(OH)–C–C–N with tert-alkyl or cyclic N) is 1. The van der Waals surface area contributed by atoms with Gasteiger partial charge in [-0.25, -0.2) is 0 Å². The van der Waals surface area contributed by atoms with Crippen LogP contribution in [0.3, 0.4) is 0 Å². The Kier molecular flexibility index (Phi) is 7.02. The molecule has 3 amide bonds. The summed E-state index contributed by atoms with van der Waals surface area (Å²) < 4.78 is 7.00. The molecule has 1 aromatic carbocycles. The van der Waals surface area contributed by atoms with Crippen molar-refractivity contribution in [1.82, 2.24) is 9.80 Å². The van der Waals surface area contributed by atoms with Crippen molar-refractivity contribution in [3.63, 3.8) is 0 Å². The molecule has 1 aromatic rings. The van der Waals surface area contributed by atoms with Gasteiger partial charge >= 0.3 is 0 Å². The van der Waals surface area contributed by atoms with Gasteiger partial charge in [-0.2, -0.15) is 0 Å². The number of aliphatic hydroxyl groups is 1. The number of anilines is 1. The van der Waals surface area contributed by atoms with Gasteiger partial charge in [-0.1, -0.05) is 70.2 Å². The number of benzene rings is 1. The number of amides is 3. The van der Waals surface area contributed by atoms with Crippen molar-refractivity contribution in [2.24, 2.45) is 17.3 Å². The molecule has 4 aliphatic rings. The highest BCUT2D eigenvalue weighted by Gasteiger charge is 2.75. The minimum absolute atomic E-state index is 0.00347. The molecule has 0 aliphatic carbocycles. The maximum Gasteiger partial charge on any atom is 0.249 e. The number of carbonyl (C=O) groups is 3. The van der Waals surface area contributed by atoms with Crippen molar-refractivity contribution in [3.05, 3.63) is 54.6 Å². The molecule has 0 bridgehead atoms. The molecule has 1 N–H and O–H groups in total. The third kappa shape index (κ3) is 4.31. The third-order valence-corrected chi connectivity index (χ3v) is 9.04. The Morgan fingerprint density at radius 3 is 2.23 bits per heavy atom. The average Bonchev–Trinajstić information content (AvgIpc) is 3.15. The number of aliphatic hydroxyl groups excluding tert-OH is 1. The van der Waals surface area contributed by atoms with Crippen LogP contribution in [0.5, 0.6) is 0 Å². The SMILES string of the molecule is CC[C@@]12C=CCN(c3ccccc3)C(=O)[C@@H]1[C@H]1C(=O)N(CCO)C3C(=O)N(C(C)(C)CC(C)(C)C)CC=C[C@@]31O2. The Bertz CT molecular complexity index is 1230. The normalized spacial score (nSPS) is 32.2. The molecule has 4 heterocycles. The third-order valence-electron chi connectivity index (χ3n) is 9.04. The van der Waals surface area contributed by atoms with Crippen LogP contribution in [0.1, 0.15) is 54.4 Å². The first-order chi connectivity index (χ1) is 18.8. The van der Waals surface area contributed by atoms with Crippen LogP contribution in [0.15, 0.2) is 54.6 Å². The zero-order valence-corrected chi connectivity index (χ0v) is 24.6. The zero-order chi connectivity index (χ0) is 29.1. The van der Waals surface area contributed by atoms with E-state index in [0.717, 1.165) is 12.1 Å². The van der Waals surface area contributed by atoms with Gasteiger partial charge in [0.15, 0.2) is 0 Å². The molecule has 8 heteroatoms.